The van der Waals surface area contributed by atoms with Gasteiger partial charge in [0.25, 0.3) is 0 Å². The highest BCUT2D eigenvalue weighted by atomic mass is 127. The summed E-state index contributed by atoms with van der Waals surface area (Å²) in [6, 6.07) is 11.0. The van der Waals surface area contributed by atoms with E-state index < -0.39 is 0 Å². The molecule has 1 unspecified atom stereocenters. The van der Waals surface area contributed by atoms with Gasteiger partial charge in [0, 0.05) is 25.6 Å². The Kier molecular flexibility index (Phi) is 8.27. The molecule has 6 nitrogen and oxygen atoms in total. The zero-order valence-electron chi connectivity index (χ0n) is 17.4. The van der Waals surface area contributed by atoms with Gasteiger partial charge in [-0.15, -0.1) is 24.0 Å². The minimum Gasteiger partial charge on any atom is -0.357 e. The van der Waals surface area contributed by atoms with Gasteiger partial charge in [-0.3, -0.25) is 4.99 Å². The molecule has 1 aliphatic heterocycles. The van der Waals surface area contributed by atoms with E-state index in [0.717, 1.165) is 56.5 Å². The smallest absolute Gasteiger partial charge is 0.191 e. The Bertz CT molecular complexity index is 768. The normalized spacial score (nSPS) is 16.9. The molecule has 2 heterocycles. The van der Waals surface area contributed by atoms with Crippen molar-refractivity contribution in [1.82, 2.24) is 25.4 Å². The van der Waals surface area contributed by atoms with Crippen molar-refractivity contribution in [3.8, 4) is 0 Å². The van der Waals surface area contributed by atoms with E-state index in [1.165, 1.54) is 5.56 Å². The molecule has 1 aliphatic rings. The zero-order valence-corrected chi connectivity index (χ0v) is 19.7. The maximum Gasteiger partial charge on any atom is 0.191 e. The first-order valence-electron chi connectivity index (χ1n) is 9.94. The lowest BCUT2D eigenvalue weighted by atomic mass is 9.86. The summed E-state index contributed by atoms with van der Waals surface area (Å²) in [6.45, 7) is 11.1. The lowest BCUT2D eigenvalue weighted by Crippen LogP contribution is -2.47. The second-order valence-corrected chi connectivity index (χ2v) is 8.16. The van der Waals surface area contributed by atoms with Crippen LogP contribution in [0.4, 0.5) is 0 Å². The first-order valence-corrected chi connectivity index (χ1v) is 9.94. The fourth-order valence-electron chi connectivity index (χ4n) is 3.56. The average molecular weight is 496 g/mol. The largest absolute Gasteiger partial charge is 0.357 e. The van der Waals surface area contributed by atoms with Crippen LogP contribution in [0.2, 0.25) is 0 Å². The molecular weight excluding hydrogens is 463 g/mol. The second kappa shape index (κ2) is 10.2. The summed E-state index contributed by atoms with van der Waals surface area (Å²) in [5.74, 6) is 2.84. The van der Waals surface area contributed by atoms with Crippen molar-refractivity contribution in [3.05, 3.63) is 47.5 Å². The number of guanidine groups is 1. The van der Waals surface area contributed by atoms with Crippen molar-refractivity contribution in [1.29, 1.82) is 0 Å². The first kappa shape index (κ1) is 22.6. The molecule has 0 spiro atoms. The molecule has 2 N–H and O–H groups in total. The van der Waals surface area contributed by atoms with Crippen LogP contribution in [0.3, 0.4) is 0 Å². The van der Waals surface area contributed by atoms with E-state index in [9.17, 15) is 0 Å². The van der Waals surface area contributed by atoms with Gasteiger partial charge in [0.15, 0.2) is 5.96 Å². The number of nitrogens with one attached hydrogen (secondary N) is 2. The third-order valence-corrected chi connectivity index (χ3v) is 4.84. The van der Waals surface area contributed by atoms with Crippen molar-refractivity contribution in [2.24, 2.45) is 10.4 Å². The minimum absolute atomic E-state index is 0. The van der Waals surface area contributed by atoms with Crippen molar-refractivity contribution in [2.45, 2.75) is 59.5 Å². The number of hydrogen-bond acceptors (Lipinski definition) is 3. The van der Waals surface area contributed by atoms with Crippen LogP contribution in [0.1, 0.15) is 44.4 Å². The number of hydrogen-bond donors (Lipinski definition) is 2. The van der Waals surface area contributed by atoms with Crippen LogP contribution in [0, 0.1) is 12.3 Å². The van der Waals surface area contributed by atoms with Crippen molar-refractivity contribution in [2.75, 3.05) is 13.1 Å². The summed E-state index contributed by atoms with van der Waals surface area (Å²) < 4.78 is 2.03. The fourth-order valence-corrected chi connectivity index (χ4v) is 3.56. The molecule has 0 fully saturated rings. The third kappa shape index (κ3) is 6.46. The highest BCUT2D eigenvalue weighted by molar-refractivity contribution is 14.0. The molecule has 1 aromatic carbocycles. The van der Waals surface area contributed by atoms with Gasteiger partial charge in [-0.2, -0.15) is 5.10 Å². The first-order chi connectivity index (χ1) is 12.9. The number of halogens is 1. The molecule has 0 radical (unpaired) electrons. The summed E-state index contributed by atoms with van der Waals surface area (Å²) in [4.78, 5) is 9.37. The number of benzene rings is 1. The lowest BCUT2D eigenvalue weighted by molar-refractivity contribution is 0.372. The Labute approximate surface area is 185 Å². The quantitative estimate of drug-likeness (QED) is 0.366. The van der Waals surface area contributed by atoms with Crippen molar-refractivity contribution < 1.29 is 0 Å². The standard InChI is InChI=1S/C21H32N6.HI/c1-5-22-20(23-15-21(3,4)13-17-9-7-6-8-10-17)25-18-11-12-19-24-16(2)26-27(19)14-18;/h6-10,18H,5,11-15H2,1-4H3,(H2,22,23,25);1H. The van der Waals surface area contributed by atoms with Crippen LogP contribution in [-0.4, -0.2) is 39.9 Å². The van der Waals surface area contributed by atoms with Gasteiger partial charge in [0.1, 0.15) is 11.6 Å². The molecule has 1 atom stereocenters. The molecule has 1 aromatic heterocycles. The Hall–Kier alpha value is -1.64. The van der Waals surface area contributed by atoms with Crippen LogP contribution in [-0.2, 0) is 19.4 Å². The average Bonchev–Trinajstić information content (AvgIpc) is 3.00. The van der Waals surface area contributed by atoms with E-state index in [-0.39, 0.29) is 29.4 Å². The Morgan fingerprint density at radius 3 is 2.75 bits per heavy atom. The molecule has 3 rings (SSSR count). The van der Waals surface area contributed by atoms with Crippen LogP contribution in [0.5, 0.6) is 0 Å². The molecule has 0 saturated heterocycles. The molecule has 7 heteroatoms. The molecular formula is C21H33IN6. The second-order valence-electron chi connectivity index (χ2n) is 8.16. The summed E-state index contributed by atoms with van der Waals surface area (Å²) in [5, 5.41) is 11.5. The van der Waals surface area contributed by atoms with Crippen molar-refractivity contribution in [3.63, 3.8) is 0 Å². The van der Waals surface area contributed by atoms with Crippen LogP contribution in [0.25, 0.3) is 0 Å². The molecule has 28 heavy (non-hydrogen) atoms. The van der Waals surface area contributed by atoms with Crippen molar-refractivity contribution >= 4 is 29.9 Å². The van der Waals surface area contributed by atoms with Gasteiger partial charge in [0.05, 0.1) is 6.54 Å². The predicted molar refractivity (Wildman–Crippen MR) is 125 cm³/mol. The number of fused-ring (bicyclic) bond motifs is 1. The number of nitrogens with zero attached hydrogens (tertiary/aromatic N) is 4. The maximum absolute atomic E-state index is 4.89. The Morgan fingerprint density at radius 2 is 2.04 bits per heavy atom. The monoisotopic (exact) mass is 496 g/mol. The number of aliphatic imine (C=N–C) groups is 1. The topological polar surface area (TPSA) is 67.1 Å². The molecule has 2 aromatic rings. The van der Waals surface area contributed by atoms with Gasteiger partial charge in [0.2, 0.25) is 0 Å². The third-order valence-electron chi connectivity index (χ3n) is 4.84. The molecule has 0 bridgehead atoms. The minimum atomic E-state index is 0. The summed E-state index contributed by atoms with van der Waals surface area (Å²) >= 11 is 0. The molecule has 0 saturated carbocycles. The summed E-state index contributed by atoms with van der Waals surface area (Å²) in [5.41, 5.74) is 1.46. The number of rotatable bonds is 6. The fraction of sp³-hybridized carbons (Fsp3) is 0.571. The van der Waals surface area contributed by atoms with Crippen LogP contribution >= 0.6 is 24.0 Å². The molecule has 0 aliphatic carbocycles. The van der Waals surface area contributed by atoms with Gasteiger partial charge >= 0.3 is 0 Å². The van der Waals surface area contributed by atoms with Gasteiger partial charge in [-0.25, -0.2) is 9.67 Å². The highest BCUT2D eigenvalue weighted by Crippen LogP contribution is 2.22. The maximum atomic E-state index is 4.89. The van der Waals surface area contributed by atoms with Gasteiger partial charge in [-0.1, -0.05) is 44.2 Å². The van der Waals surface area contributed by atoms with E-state index in [1.807, 2.05) is 11.6 Å². The van der Waals surface area contributed by atoms with E-state index in [2.05, 4.69) is 71.8 Å². The predicted octanol–water partition coefficient (Wildman–Crippen LogP) is 3.34. The van der Waals surface area contributed by atoms with Gasteiger partial charge in [-0.05, 0) is 37.7 Å². The Balaban J connectivity index is 0.00000280. The van der Waals surface area contributed by atoms with E-state index in [4.69, 9.17) is 4.99 Å². The van der Waals surface area contributed by atoms with E-state index >= 15 is 0 Å². The zero-order chi connectivity index (χ0) is 19.3. The molecule has 0 amide bonds. The highest BCUT2D eigenvalue weighted by Gasteiger charge is 2.22. The van der Waals surface area contributed by atoms with Gasteiger partial charge < -0.3 is 10.6 Å². The number of aryl methyl sites for hydroxylation is 2. The van der Waals surface area contributed by atoms with Crippen LogP contribution < -0.4 is 10.6 Å². The Morgan fingerprint density at radius 1 is 1.29 bits per heavy atom. The van der Waals surface area contributed by atoms with Crippen LogP contribution in [0.15, 0.2) is 35.3 Å². The van der Waals surface area contributed by atoms with E-state index in [0.29, 0.717) is 6.04 Å². The number of aromatic nitrogens is 3. The van der Waals surface area contributed by atoms with E-state index in [1.54, 1.807) is 0 Å². The SMILES string of the molecule is CCNC(=NCC(C)(C)Cc1ccccc1)NC1CCc2nc(C)nn2C1.I. The molecule has 154 valence electrons. The summed E-state index contributed by atoms with van der Waals surface area (Å²) in [7, 11) is 0. The lowest BCUT2D eigenvalue weighted by Gasteiger charge is -2.27. The summed E-state index contributed by atoms with van der Waals surface area (Å²) in [6.07, 6.45) is 3.02.